The van der Waals surface area contributed by atoms with Crippen LogP contribution in [0.2, 0.25) is 10.0 Å². The maximum absolute atomic E-state index is 14.5. The fourth-order valence-electron chi connectivity index (χ4n) is 4.81. The number of halogens is 2. The smallest absolute Gasteiger partial charge is 0.264 e. The third kappa shape index (κ3) is 8.36. The molecular formula is C34H35Cl2N3O5S. The number of rotatable bonds is 13. The highest BCUT2D eigenvalue weighted by Gasteiger charge is 2.35. The molecule has 0 fully saturated rings. The lowest BCUT2D eigenvalue weighted by Gasteiger charge is -2.34. The summed E-state index contributed by atoms with van der Waals surface area (Å²) in [6.07, 6.45) is 0.174. The highest BCUT2D eigenvalue weighted by molar-refractivity contribution is 7.92. The fraction of sp³-hybridized carbons (Fsp3) is 0.235. The van der Waals surface area contributed by atoms with E-state index < -0.39 is 34.4 Å². The minimum Gasteiger partial charge on any atom is -0.497 e. The van der Waals surface area contributed by atoms with Crippen LogP contribution in [0.25, 0.3) is 0 Å². The molecule has 0 unspecified atom stereocenters. The maximum atomic E-state index is 14.5. The van der Waals surface area contributed by atoms with Gasteiger partial charge in [-0.3, -0.25) is 13.9 Å². The van der Waals surface area contributed by atoms with Gasteiger partial charge in [-0.15, -0.1) is 0 Å². The van der Waals surface area contributed by atoms with Gasteiger partial charge in [0.05, 0.1) is 17.7 Å². The van der Waals surface area contributed by atoms with E-state index in [-0.39, 0.29) is 23.5 Å². The molecule has 0 heterocycles. The molecule has 2 amide bonds. The Balaban J connectivity index is 1.83. The Morgan fingerprint density at radius 2 is 1.49 bits per heavy atom. The fourth-order valence-corrected chi connectivity index (χ4v) is 6.75. The van der Waals surface area contributed by atoms with Crippen molar-refractivity contribution in [3.05, 3.63) is 124 Å². The summed E-state index contributed by atoms with van der Waals surface area (Å²) in [6, 6.07) is 26.0. The predicted molar refractivity (Wildman–Crippen MR) is 178 cm³/mol. The van der Waals surface area contributed by atoms with Gasteiger partial charge in [-0.2, -0.15) is 0 Å². The summed E-state index contributed by atoms with van der Waals surface area (Å²) >= 11 is 13.1. The van der Waals surface area contributed by atoms with Crippen LogP contribution in [-0.4, -0.2) is 51.4 Å². The number of aryl methyl sites for hydroxylation is 1. The standard InChI is InChI=1S/C34H35Cl2N3O5S/c1-4-37-34(41)32(21-25-9-6-5-7-10-25)38(22-29-30(35)11-8-12-31(29)36)33(40)23-39(26-15-17-27(44-3)18-16-26)45(42,43)28-19-13-24(2)14-20-28/h5-20,32H,4,21-23H2,1-3H3,(H,37,41)/t32-/m1/s1. The Kier molecular flexibility index (Phi) is 11.5. The second-order valence-electron chi connectivity index (χ2n) is 10.3. The van der Waals surface area contributed by atoms with Gasteiger partial charge in [-0.1, -0.05) is 77.3 Å². The summed E-state index contributed by atoms with van der Waals surface area (Å²) < 4.78 is 34.6. The lowest BCUT2D eigenvalue weighted by atomic mass is 10.0. The number of methoxy groups -OCH3 is 1. The Bertz CT molecular complexity index is 1700. The van der Waals surface area contributed by atoms with Gasteiger partial charge >= 0.3 is 0 Å². The first kappa shape index (κ1) is 33.8. The minimum absolute atomic E-state index is 0.0157. The van der Waals surface area contributed by atoms with E-state index in [0.29, 0.717) is 27.9 Å². The highest BCUT2D eigenvalue weighted by atomic mass is 35.5. The van der Waals surface area contributed by atoms with Crippen molar-refractivity contribution in [3.8, 4) is 5.75 Å². The van der Waals surface area contributed by atoms with Gasteiger partial charge in [-0.25, -0.2) is 8.42 Å². The summed E-state index contributed by atoms with van der Waals surface area (Å²) in [5.41, 5.74) is 2.39. The molecule has 0 aliphatic rings. The summed E-state index contributed by atoms with van der Waals surface area (Å²) in [5, 5.41) is 3.46. The number of likely N-dealkylation sites (N-methyl/N-ethyl adjacent to an activating group) is 1. The summed E-state index contributed by atoms with van der Waals surface area (Å²) in [4.78, 5) is 29.5. The molecule has 8 nitrogen and oxygen atoms in total. The Morgan fingerprint density at radius 1 is 0.867 bits per heavy atom. The van der Waals surface area contributed by atoms with Crippen molar-refractivity contribution in [3.63, 3.8) is 0 Å². The number of ether oxygens (including phenoxy) is 1. The molecule has 4 aromatic carbocycles. The van der Waals surface area contributed by atoms with Crippen LogP contribution < -0.4 is 14.4 Å². The molecule has 0 saturated heterocycles. The molecule has 0 bridgehead atoms. The van der Waals surface area contributed by atoms with Crippen LogP contribution >= 0.6 is 23.2 Å². The van der Waals surface area contributed by atoms with Gasteiger partial charge in [0.1, 0.15) is 18.3 Å². The van der Waals surface area contributed by atoms with E-state index in [9.17, 15) is 18.0 Å². The number of hydrogen-bond acceptors (Lipinski definition) is 5. The number of benzene rings is 4. The molecule has 0 spiro atoms. The van der Waals surface area contributed by atoms with Crippen LogP contribution in [0.5, 0.6) is 5.75 Å². The van der Waals surface area contributed by atoms with E-state index in [4.69, 9.17) is 27.9 Å². The van der Waals surface area contributed by atoms with Gasteiger partial charge in [0, 0.05) is 35.1 Å². The van der Waals surface area contributed by atoms with E-state index >= 15 is 0 Å². The molecule has 236 valence electrons. The van der Waals surface area contributed by atoms with Gasteiger partial charge in [-0.05, 0) is 67.9 Å². The van der Waals surface area contributed by atoms with E-state index in [1.807, 2.05) is 37.3 Å². The van der Waals surface area contributed by atoms with Crippen molar-refractivity contribution >= 4 is 50.7 Å². The summed E-state index contributed by atoms with van der Waals surface area (Å²) in [7, 11) is -2.73. The van der Waals surface area contributed by atoms with Crippen LogP contribution in [0.1, 0.15) is 23.6 Å². The topological polar surface area (TPSA) is 96.0 Å². The van der Waals surface area contributed by atoms with Crippen LogP contribution in [-0.2, 0) is 32.6 Å². The average Bonchev–Trinajstić information content (AvgIpc) is 3.03. The number of nitrogens with zero attached hydrogens (tertiary/aromatic N) is 2. The number of anilines is 1. The molecule has 0 aromatic heterocycles. The molecule has 0 aliphatic carbocycles. The first-order valence-corrected chi connectivity index (χ1v) is 16.5. The molecule has 4 aromatic rings. The predicted octanol–water partition coefficient (Wildman–Crippen LogP) is 6.28. The molecule has 45 heavy (non-hydrogen) atoms. The van der Waals surface area contributed by atoms with Crippen LogP contribution in [0.3, 0.4) is 0 Å². The number of amides is 2. The van der Waals surface area contributed by atoms with Crippen molar-refractivity contribution in [2.24, 2.45) is 0 Å². The zero-order valence-corrected chi connectivity index (χ0v) is 27.6. The minimum atomic E-state index is -4.23. The molecular weight excluding hydrogens is 633 g/mol. The Hall–Kier alpha value is -4.05. The zero-order chi connectivity index (χ0) is 32.6. The van der Waals surface area contributed by atoms with Crippen molar-refractivity contribution < 1.29 is 22.7 Å². The maximum Gasteiger partial charge on any atom is 0.264 e. The first-order chi connectivity index (χ1) is 21.5. The Morgan fingerprint density at radius 3 is 2.07 bits per heavy atom. The second-order valence-corrected chi connectivity index (χ2v) is 13.0. The zero-order valence-electron chi connectivity index (χ0n) is 25.2. The van der Waals surface area contributed by atoms with Gasteiger partial charge in [0.2, 0.25) is 11.8 Å². The molecule has 11 heteroatoms. The monoisotopic (exact) mass is 667 g/mol. The molecule has 1 N–H and O–H groups in total. The summed E-state index contributed by atoms with van der Waals surface area (Å²) in [6.45, 7) is 3.24. The normalized spacial score (nSPS) is 11.8. The molecule has 0 radical (unpaired) electrons. The Labute approximate surface area is 274 Å². The van der Waals surface area contributed by atoms with E-state index in [0.717, 1.165) is 15.4 Å². The number of carbonyl (C=O) groups is 2. The van der Waals surface area contributed by atoms with Crippen LogP contribution in [0.15, 0.2) is 102 Å². The SMILES string of the molecule is CCNC(=O)[C@@H](Cc1ccccc1)N(Cc1c(Cl)cccc1Cl)C(=O)CN(c1ccc(OC)cc1)S(=O)(=O)c1ccc(C)cc1. The number of hydrogen-bond donors (Lipinski definition) is 1. The number of sulfonamides is 1. The molecule has 1 atom stereocenters. The summed E-state index contributed by atoms with van der Waals surface area (Å²) in [5.74, 6) is -0.494. The average molecular weight is 669 g/mol. The van der Waals surface area contributed by atoms with Crippen LogP contribution in [0.4, 0.5) is 5.69 Å². The third-order valence-corrected chi connectivity index (χ3v) is 9.76. The third-order valence-electron chi connectivity index (χ3n) is 7.26. The molecule has 0 saturated carbocycles. The van der Waals surface area contributed by atoms with E-state index in [1.54, 1.807) is 61.5 Å². The van der Waals surface area contributed by atoms with Crippen molar-refractivity contribution in [2.75, 3.05) is 24.5 Å². The molecule has 0 aliphatic heterocycles. The lowest BCUT2D eigenvalue weighted by Crippen LogP contribution is -2.53. The number of carbonyl (C=O) groups excluding carboxylic acids is 2. The van der Waals surface area contributed by atoms with Gasteiger partial charge in [0.25, 0.3) is 10.0 Å². The van der Waals surface area contributed by atoms with Crippen molar-refractivity contribution in [2.45, 2.75) is 37.8 Å². The number of nitrogens with one attached hydrogen (secondary N) is 1. The second kappa shape index (κ2) is 15.3. The lowest BCUT2D eigenvalue weighted by molar-refractivity contribution is -0.140. The van der Waals surface area contributed by atoms with Gasteiger partial charge in [0.15, 0.2) is 0 Å². The van der Waals surface area contributed by atoms with Crippen molar-refractivity contribution in [1.29, 1.82) is 0 Å². The quantitative estimate of drug-likeness (QED) is 0.181. The van der Waals surface area contributed by atoms with Crippen LogP contribution in [0, 0.1) is 6.92 Å². The molecule has 4 rings (SSSR count). The largest absolute Gasteiger partial charge is 0.497 e. The van der Waals surface area contributed by atoms with E-state index in [2.05, 4.69) is 5.32 Å². The van der Waals surface area contributed by atoms with Crippen molar-refractivity contribution in [1.82, 2.24) is 10.2 Å². The van der Waals surface area contributed by atoms with Gasteiger partial charge < -0.3 is 15.0 Å². The highest BCUT2D eigenvalue weighted by Crippen LogP contribution is 2.30. The first-order valence-electron chi connectivity index (χ1n) is 14.3. The van der Waals surface area contributed by atoms with E-state index in [1.165, 1.54) is 24.1 Å².